The highest BCUT2D eigenvalue weighted by atomic mass is 16.5. The number of nitrogens with one attached hydrogen (secondary N) is 1. The van der Waals surface area contributed by atoms with Crippen molar-refractivity contribution in [3.63, 3.8) is 0 Å². The largest absolute Gasteiger partial charge is 0.462 e. The van der Waals surface area contributed by atoms with Crippen LogP contribution < -0.4 is 5.32 Å². The number of unbranched alkanes of at least 4 members (excludes halogenated alkanes) is 39. The number of rotatable bonds is 56. The predicted octanol–water partition coefficient (Wildman–Crippen LogP) is 19.2. The zero-order valence-electron chi connectivity index (χ0n) is 46.5. The summed E-state index contributed by atoms with van der Waals surface area (Å²) in [4.78, 5) is 26.3. The van der Waals surface area contributed by atoms with Crippen LogP contribution in [0.15, 0.2) is 36.5 Å². The minimum absolute atomic E-state index is 0.0688. The van der Waals surface area contributed by atoms with Gasteiger partial charge in [-0.15, -0.1) is 0 Å². The van der Waals surface area contributed by atoms with Crippen LogP contribution in [0.2, 0.25) is 0 Å². The Kier molecular flexibility index (Phi) is 55.4. The van der Waals surface area contributed by atoms with Gasteiger partial charge in [0, 0.05) is 6.42 Å². The van der Waals surface area contributed by atoms with Crippen molar-refractivity contribution in [2.45, 2.75) is 347 Å². The summed E-state index contributed by atoms with van der Waals surface area (Å²) >= 11 is 0. The van der Waals surface area contributed by atoms with Gasteiger partial charge in [-0.1, -0.05) is 276 Å². The van der Waals surface area contributed by atoms with E-state index in [2.05, 4.69) is 62.5 Å². The van der Waals surface area contributed by atoms with Crippen molar-refractivity contribution in [1.29, 1.82) is 0 Å². The Morgan fingerprint density at radius 3 is 1.12 bits per heavy atom. The van der Waals surface area contributed by atoms with E-state index in [-0.39, 0.29) is 24.9 Å². The highest BCUT2D eigenvalue weighted by molar-refractivity contribution is 5.77. The Morgan fingerprint density at radius 2 is 0.739 bits per heavy atom. The van der Waals surface area contributed by atoms with E-state index >= 15 is 0 Å². The number of hydrogen-bond acceptors (Lipinski definition) is 5. The van der Waals surface area contributed by atoms with Gasteiger partial charge in [0.15, 0.2) is 0 Å². The Labute approximate surface area is 430 Å². The molecule has 0 fully saturated rings. The molecular weight excluding hydrogens is 851 g/mol. The third-order valence-electron chi connectivity index (χ3n) is 14.2. The molecule has 0 bridgehead atoms. The monoisotopic (exact) mass is 970 g/mol. The second-order valence-corrected chi connectivity index (χ2v) is 21.1. The van der Waals surface area contributed by atoms with Gasteiger partial charge in [-0.2, -0.15) is 0 Å². The van der Waals surface area contributed by atoms with E-state index in [1.807, 2.05) is 0 Å². The highest BCUT2D eigenvalue weighted by Gasteiger charge is 2.24. The molecule has 3 N–H and O–H groups in total. The molecule has 0 aliphatic heterocycles. The molecule has 0 radical (unpaired) electrons. The first kappa shape index (κ1) is 67.1. The zero-order valence-corrected chi connectivity index (χ0v) is 46.5. The number of esters is 1. The first-order valence-corrected chi connectivity index (χ1v) is 30.7. The third-order valence-corrected chi connectivity index (χ3v) is 14.2. The molecule has 406 valence electrons. The number of hydrogen-bond donors (Lipinski definition) is 3. The van der Waals surface area contributed by atoms with Gasteiger partial charge in [0.2, 0.25) is 5.91 Å². The summed E-state index contributed by atoms with van der Waals surface area (Å²) in [6.45, 7) is 6.51. The Balaban J connectivity index is 4.54. The molecule has 1 amide bonds. The van der Waals surface area contributed by atoms with Crippen molar-refractivity contribution in [2.75, 3.05) is 6.61 Å². The highest BCUT2D eigenvalue weighted by Crippen LogP contribution is 2.19. The number of amides is 1. The fourth-order valence-corrected chi connectivity index (χ4v) is 9.54. The molecule has 3 unspecified atom stereocenters. The first-order chi connectivity index (χ1) is 34.0. The van der Waals surface area contributed by atoms with Crippen molar-refractivity contribution < 1.29 is 24.5 Å². The average molecular weight is 971 g/mol. The molecule has 0 aliphatic rings. The van der Waals surface area contributed by atoms with Crippen LogP contribution in [0.4, 0.5) is 0 Å². The second kappa shape index (κ2) is 57.0. The van der Waals surface area contributed by atoms with E-state index in [0.717, 1.165) is 70.6 Å². The van der Waals surface area contributed by atoms with E-state index in [1.54, 1.807) is 0 Å². The lowest BCUT2D eigenvalue weighted by molar-refractivity contribution is -0.151. The predicted molar refractivity (Wildman–Crippen MR) is 301 cm³/mol. The molecule has 6 nitrogen and oxygen atoms in total. The lowest BCUT2D eigenvalue weighted by atomic mass is 10.0. The summed E-state index contributed by atoms with van der Waals surface area (Å²) in [6.07, 6.45) is 69.3. The van der Waals surface area contributed by atoms with Gasteiger partial charge >= 0.3 is 5.97 Å². The molecule has 3 atom stereocenters. The number of carbonyl (C=O) groups is 2. The minimum atomic E-state index is -0.793. The van der Waals surface area contributed by atoms with Crippen LogP contribution in [-0.4, -0.2) is 46.9 Å². The molecule has 0 spiro atoms. The first-order valence-electron chi connectivity index (χ1n) is 30.7. The molecule has 0 aliphatic carbocycles. The Morgan fingerprint density at radius 1 is 0.420 bits per heavy atom. The SMILES string of the molecule is CCCCCCCC/C=C/CCCCCCCC(CC(=O)NC(CO)C(O)CCCCCCCCCCCCCCCCCCC)OC(=O)CCCCCCC/C=C/C=C/CCCCCCCCC. The molecule has 0 saturated carbocycles. The van der Waals surface area contributed by atoms with E-state index in [9.17, 15) is 19.8 Å². The third kappa shape index (κ3) is 52.2. The summed E-state index contributed by atoms with van der Waals surface area (Å²) < 4.78 is 5.97. The van der Waals surface area contributed by atoms with E-state index in [1.165, 1.54) is 212 Å². The molecule has 69 heavy (non-hydrogen) atoms. The van der Waals surface area contributed by atoms with E-state index in [0.29, 0.717) is 19.3 Å². The van der Waals surface area contributed by atoms with Gasteiger partial charge in [-0.05, 0) is 77.0 Å². The van der Waals surface area contributed by atoms with Crippen LogP contribution in [-0.2, 0) is 14.3 Å². The molecule has 0 aromatic carbocycles. The Bertz CT molecular complexity index is 1130. The molecule has 0 aromatic heterocycles. The van der Waals surface area contributed by atoms with Crippen molar-refractivity contribution in [3.8, 4) is 0 Å². The number of aliphatic hydroxyl groups excluding tert-OH is 2. The fraction of sp³-hybridized carbons (Fsp3) is 0.873. The zero-order chi connectivity index (χ0) is 50.2. The smallest absolute Gasteiger partial charge is 0.306 e. The molecule has 0 aromatic rings. The van der Waals surface area contributed by atoms with Crippen molar-refractivity contribution >= 4 is 11.9 Å². The van der Waals surface area contributed by atoms with Crippen LogP contribution in [0, 0.1) is 0 Å². The summed E-state index contributed by atoms with van der Waals surface area (Å²) in [5.41, 5.74) is 0. The average Bonchev–Trinajstić information content (AvgIpc) is 3.34. The van der Waals surface area contributed by atoms with Gasteiger partial charge in [-0.3, -0.25) is 9.59 Å². The second-order valence-electron chi connectivity index (χ2n) is 21.1. The maximum atomic E-state index is 13.3. The number of allylic oxidation sites excluding steroid dienone is 6. The van der Waals surface area contributed by atoms with Gasteiger partial charge < -0.3 is 20.3 Å². The van der Waals surface area contributed by atoms with Gasteiger partial charge in [-0.25, -0.2) is 0 Å². The Hall–Kier alpha value is -1.92. The number of carbonyl (C=O) groups excluding carboxylic acids is 2. The quantitative estimate of drug-likeness (QED) is 0.0244. The van der Waals surface area contributed by atoms with Crippen LogP contribution in [0.25, 0.3) is 0 Å². The molecule has 0 heterocycles. The maximum Gasteiger partial charge on any atom is 0.306 e. The van der Waals surface area contributed by atoms with Crippen molar-refractivity contribution in [3.05, 3.63) is 36.5 Å². The topological polar surface area (TPSA) is 95.9 Å². The lowest BCUT2D eigenvalue weighted by Crippen LogP contribution is -2.46. The summed E-state index contributed by atoms with van der Waals surface area (Å²) in [7, 11) is 0. The maximum absolute atomic E-state index is 13.3. The molecule has 0 saturated heterocycles. The van der Waals surface area contributed by atoms with Gasteiger partial charge in [0.25, 0.3) is 0 Å². The van der Waals surface area contributed by atoms with E-state index in [4.69, 9.17) is 4.74 Å². The standard InChI is InChI=1S/C63H119NO5/c1-4-7-10-13-16-19-22-25-28-30-32-35-38-41-44-47-50-53-56-63(68)69-59(54-51-48-45-42-39-36-33-27-24-21-18-15-12-9-6-3)57-62(67)64-60(58-65)61(66)55-52-49-46-43-40-37-34-31-29-26-23-20-17-14-11-8-5-2/h27-28,30,32-33,35,59-61,65-66H,4-26,29,31,34,36-58H2,1-3H3,(H,64,67)/b30-28+,33-27+,35-32+. The molecular formula is C63H119NO5. The van der Waals surface area contributed by atoms with Crippen molar-refractivity contribution in [1.82, 2.24) is 5.32 Å². The molecule has 6 heteroatoms. The normalized spacial score (nSPS) is 13.3. The fourth-order valence-electron chi connectivity index (χ4n) is 9.54. The number of aliphatic hydroxyl groups is 2. The van der Waals surface area contributed by atoms with Crippen LogP contribution in [0.3, 0.4) is 0 Å². The van der Waals surface area contributed by atoms with E-state index < -0.39 is 18.2 Å². The molecule has 0 rings (SSSR count). The van der Waals surface area contributed by atoms with Crippen molar-refractivity contribution in [2.24, 2.45) is 0 Å². The van der Waals surface area contributed by atoms with Crippen LogP contribution in [0.5, 0.6) is 0 Å². The van der Waals surface area contributed by atoms with Gasteiger partial charge in [0.1, 0.15) is 6.10 Å². The van der Waals surface area contributed by atoms with Crippen LogP contribution in [0.1, 0.15) is 329 Å². The summed E-state index contributed by atoms with van der Waals surface area (Å²) in [6, 6.07) is -0.707. The van der Waals surface area contributed by atoms with Crippen LogP contribution >= 0.6 is 0 Å². The summed E-state index contributed by atoms with van der Waals surface area (Å²) in [5.74, 6) is -0.483. The lowest BCUT2D eigenvalue weighted by Gasteiger charge is -2.24. The number of ether oxygens (including phenoxy) is 1. The summed E-state index contributed by atoms with van der Waals surface area (Å²) in [5, 5.41) is 23.9. The minimum Gasteiger partial charge on any atom is -0.462 e. The van der Waals surface area contributed by atoms with Gasteiger partial charge in [0.05, 0.1) is 25.2 Å².